The first-order valence-electron chi connectivity index (χ1n) is 7.77. The third kappa shape index (κ3) is 4.01. The van der Waals surface area contributed by atoms with E-state index in [1.165, 1.54) is 0 Å². The molecule has 5 nitrogen and oxygen atoms in total. The maximum atomic E-state index is 12.0. The summed E-state index contributed by atoms with van der Waals surface area (Å²) < 4.78 is 5.12. The van der Waals surface area contributed by atoms with Crippen LogP contribution in [0, 0.1) is 0 Å². The molecule has 0 bridgehead atoms. The number of ether oxygens (including phenoxy) is 1. The van der Waals surface area contributed by atoms with Crippen molar-refractivity contribution < 1.29 is 9.53 Å². The zero-order chi connectivity index (χ0) is 16.8. The molecule has 0 radical (unpaired) electrons. The van der Waals surface area contributed by atoms with E-state index in [1.54, 1.807) is 13.3 Å². The maximum absolute atomic E-state index is 12.0. The molecule has 1 aromatic heterocycles. The second-order valence-electron chi connectivity index (χ2n) is 5.40. The molecule has 1 heterocycles. The Balaban J connectivity index is 1.51. The lowest BCUT2D eigenvalue weighted by atomic mass is 10.1. The molecule has 0 saturated heterocycles. The first-order valence-corrected chi connectivity index (χ1v) is 7.77. The largest absolute Gasteiger partial charge is 0.497 e. The second kappa shape index (κ2) is 7.46. The number of urea groups is 1. The van der Waals surface area contributed by atoms with Crippen LogP contribution in [0.4, 0.5) is 10.5 Å². The van der Waals surface area contributed by atoms with Crippen molar-refractivity contribution in [3.8, 4) is 5.75 Å². The van der Waals surface area contributed by atoms with Gasteiger partial charge in [-0.3, -0.25) is 4.98 Å². The smallest absolute Gasteiger partial charge is 0.319 e. The third-order valence-electron chi connectivity index (χ3n) is 3.71. The van der Waals surface area contributed by atoms with Gasteiger partial charge in [-0.2, -0.15) is 0 Å². The van der Waals surface area contributed by atoms with Gasteiger partial charge in [0.05, 0.1) is 24.5 Å². The van der Waals surface area contributed by atoms with Crippen molar-refractivity contribution in [3.05, 3.63) is 66.4 Å². The molecular weight excluding hydrogens is 302 g/mol. The van der Waals surface area contributed by atoms with Crippen LogP contribution in [0.5, 0.6) is 5.75 Å². The number of pyridine rings is 1. The van der Waals surface area contributed by atoms with Crippen LogP contribution in [0.2, 0.25) is 0 Å². The summed E-state index contributed by atoms with van der Waals surface area (Å²) in [4.78, 5) is 16.3. The van der Waals surface area contributed by atoms with Gasteiger partial charge in [0.1, 0.15) is 5.75 Å². The van der Waals surface area contributed by atoms with Crippen molar-refractivity contribution in [3.63, 3.8) is 0 Å². The molecule has 0 atom stereocenters. The van der Waals surface area contributed by atoms with E-state index in [1.807, 2.05) is 54.6 Å². The van der Waals surface area contributed by atoms with Crippen molar-refractivity contribution in [1.82, 2.24) is 10.3 Å². The molecule has 5 heteroatoms. The van der Waals surface area contributed by atoms with E-state index >= 15 is 0 Å². The molecule has 0 unspecified atom stereocenters. The van der Waals surface area contributed by atoms with Crippen LogP contribution in [0.15, 0.2) is 60.8 Å². The molecule has 3 aromatic rings. The van der Waals surface area contributed by atoms with Crippen molar-refractivity contribution in [2.75, 3.05) is 19.0 Å². The van der Waals surface area contributed by atoms with Crippen LogP contribution in [0.25, 0.3) is 10.9 Å². The Hall–Kier alpha value is -3.08. The highest BCUT2D eigenvalue weighted by molar-refractivity contribution is 5.91. The van der Waals surface area contributed by atoms with Gasteiger partial charge in [-0.15, -0.1) is 0 Å². The number of nitrogens with one attached hydrogen (secondary N) is 2. The summed E-state index contributed by atoms with van der Waals surface area (Å²) in [7, 11) is 1.64. The number of fused-ring (bicyclic) bond motifs is 1. The summed E-state index contributed by atoms with van der Waals surface area (Å²) in [6, 6.07) is 17.3. The number of rotatable bonds is 5. The molecule has 3 rings (SSSR count). The van der Waals surface area contributed by atoms with E-state index in [9.17, 15) is 4.79 Å². The number of carbonyl (C=O) groups is 1. The fraction of sp³-hybridized carbons (Fsp3) is 0.158. The quantitative estimate of drug-likeness (QED) is 0.754. The van der Waals surface area contributed by atoms with Gasteiger partial charge in [-0.1, -0.05) is 30.3 Å². The van der Waals surface area contributed by atoms with Crippen LogP contribution in [0.3, 0.4) is 0 Å². The highest BCUT2D eigenvalue weighted by atomic mass is 16.5. The Kier molecular flexibility index (Phi) is 4.91. The van der Waals surface area contributed by atoms with E-state index in [-0.39, 0.29) is 6.03 Å². The van der Waals surface area contributed by atoms with Crippen molar-refractivity contribution in [2.24, 2.45) is 0 Å². The molecule has 2 N–H and O–H groups in total. The number of hydrogen-bond donors (Lipinski definition) is 2. The van der Waals surface area contributed by atoms with Crippen LogP contribution < -0.4 is 15.4 Å². The van der Waals surface area contributed by atoms with E-state index in [0.29, 0.717) is 12.2 Å². The van der Waals surface area contributed by atoms with E-state index in [0.717, 1.165) is 28.6 Å². The zero-order valence-electron chi connectivity index (χ0n) is 13.5. The first-order chi connectivity index (χ1) is 11.7. The lowest BCUT2D eigenvalue weighted by Gasteiger charge is -2.08. The average Bonchev–Trinajstić information content (AvgIpc) is 2.62. The summed E-state index contributed by atoms with van der Waals surface area (Å²) in [6.45, 7) is 0.555. The Morgan fingerprint density at radius 1 is 1.12 bits per heavy atom. The van der Waals surface area contributed by atoms with Crippen molar-refractivity contribution >= 4 is 22.6 Å². The lowest BCUT2D eigenvalue weighted by molar-refractivity contribution is 0.252. The minimum Gasteiger partial charge on any atom is -0.497 e. The highest BCUT2D eigenvalue weighted by Crippen LogP contribution is 2.16. The molecule has 2 aromatic carbocycles. The fourth-order valence-corrected chi connectivity index (χ4v) is 2.43. The number of hydrogen-bond acceptors (Lipinski definition) is 3. The minimum atomic E-state index is -0.236. The Labute approximate surface area is 140 Å². The number of nitrogens with zero attached hydrogens (tertiary/aromatic N) is 1. The van der Waals surface area contributed by atoms with Crippen LogP contribution in [0.1, 0.15) is 5.56 Å². The zero-order valence-corrected chi connectivity index (χ0v) is 13.5. The number of amides is 2. The molecule has 0 saturated carbocycles. The van der Waals surface area contributed by atoms with Gasteiger partial charge in [0.15, 0.2) is 0 Å². The minimum absolute atomic E-state index is 0.236. The summed E-state index contributed by atoms with van der Waals surface area (Å²) >= 11 is 0. The normalized spacial score (nSPS) is 10.4. The molecule has 0 spiro atoms. The SMILES string of the molecule is COc1ccc(CCNC(=O)Nc2cnc3ccccc3c2)cc1. The topological polar surface area (TPSA) is 63.2 Å². The predicted octanol–water partition coefficient (Wildman–Crippen LogP) is 3.61. The first kappa shape index (κ1) is 15.8. The molecule has 0 aliphatic rings. The molecule has 0 aliphatic heterocycles. The highest BCUT2D eigenvalue weighted by Gasteiger charge is 2.03. The summed E-state index contributed by atoms with van der Waals surface area (Å²) in [5, 5.41) is 6.65. The second-order valence-corrected chi connectivity index (χ2v) is 5.40. The summed E-state index contributed by atoms with van der Waals surface area (Å²) in [5.41, 5.74) is 2.72. The Morgan fingerprint density at radius 3 is 2.71 bits per heavy atom. The van der Waals surface area contributed by atoms with Gasteiger partial charge in [0.2, 0.25) is 0 Å². The average molecular weight is 321 g/mol. The molecule has 2 amide bonds. The van der Waals surface area contributed by atoms with Gasteiger partial charge >= 0.3 is 6.03 Å². The number of para-hydroxylation sites is 1. The molecule has 24 heavy (non-hydrogen) atoms. The standard InChI is InChI=1S/C19H19N3O2/c1-24-17-8-6-14(7-9-17)10-11-20-19(23)22-16-12-15-4-2-3-5-18(15)21-13-16/h2-9,12-13H,10-11H2,1H3,(H2,20,22,23). The molecule has 0 fully saturated rings. The summed E-state index contributed by atoms with van der Waals surface area (Å²) in [5.74, 6) is 0.827. The van der Waals surface area contributed by atoms with Gasteiger partial charge in [-0.25, -0.2) is 4.79 Å². The van der Waals surface area contributed by atoms with Gasteiger partial charge < -0.3 is 15.4 Å². The van der Waals surface area contributed by atoms with E-state index in [2.05, 4.69) is 15.6 Å². The van der Waals surface area contributed by atoms with Gasteiger partial charge in [0.25, 0.3) is 0 Å². The van der Waals surface area contributed by atoms with Crippen LogP contribution >= 0.6 is 0 Å². The van der Waals surface area contributed by atoms with Crippen LogP contribution in [-0.2, 0) is 6.42 Å². The van der Waals surface area contributed by atoms with E-state index < -0.39 is 0 Å². The number of carbonyl (C=O) groups excluding carboxylic acids is 1. The Bertz CT molecular complexity index is 831. The number of methoxy groups -OCH3 is 1. The lowest BCUT2D eigenvalue weighted by Crippen LogP contribution is -2.30. The van der Waals surface area contributed by atoms with Crippen molar-refractivity contribution in [2.45, 2.75) is 6.42 Å². The maximum Gasteiger partial charge on any atom is 0.319 e. The fourth-order valence-electron chi connectivity index (χ4n) is 2.43. The molecule has 122 valence electrons. The Morgan fingerprint density at radius 2 is 1.92 bits per heavy atom. The van der Waals surface area contributed by atoms with Crippen molar-refractivity contribution in [1.29, 1.82) is 0 Å². The molecular formula is C19H19N3O2. The van der Waals surface area contributed by atoms with Crippen LogP contribution in [-0.4, -0.2) is 24.7 Å². The number of benzene rings is 2. The molecule has 0 aliphatic carbocycles. The number of aromatic nitrogens is 1. The third-order valence-corrected chi connectivity index (χ3v) is 3.71. The van der Waals surface area contributed by atoms with Gasteiger partial charge in [-0.05, 0) is 36.2 Å². The monoisotopic (exact) mass is 321 g/mol. The summed E-state index contributed by atoms with van der Waals surface area (Å²) in [6.07, 6.45) is 2.42. The number of anilines is 1. The van der Waals surface area contributed by atoms with E-state index in [4.69, 9.17) is 4.74 Å². The van der Waals surface area contributed by atoms with Gasteiger partial charge in [0, 0.05) is 11.9 Å². The predicted molar refractivity (Wildman–Crippen MR) is 95.5 cm³/mol.